The minimum absolute atomic E-state index is 0.101. The summed E-state index contributed by atoms with van der Waals surface area (Å²) in [6.07, 6.45) is -2.05. The third kappa shape index (κ3) is 5.80. The predicted molar refractivity (Wildman–Crippen MR) is 119 cm³/mol. The zero-order chi connectivity index (χ0) is 26.0. The molecule has 1 aliphatic carbocycles. The van der Waals surface area contributed by atoms with Crippen molar-refractivity contribution in [2.24, 2.45) is 7.05 Å². The molecule has 1 aliphatic rings. The molecule has 1 fully saturated rings. The van der Waals surface area contributed by atoms with E-state index >= 15 is 0 Å². The number of amides is 1. The fraction of sp³-hybridized carbons (Fsp3) is 0.455. The normalized spacial score (nSPS) is 18.5. The van der Waals surface area contributed by atoms with Crippen molar-refractivity contribution in [1.29, 1.82) is 0 Å². The van der Waals surface area contributed by atoms with E-state index in [4.69, 9.17) is 0 Å². The van der Waals surface area contributed by atoms with Crippen molar-refractivity contribution in [3.63, 3.8) is 0 Å². The number of nitrogens with zero attached hydrogens (tertiary/aromatic N) is 4. The second-order valence-corrected chi connectivity index (χ2v) is 8.49. The van der Waals surface area contributed by atoms with E-state index < -0.39 is 35.9 Å². The molecule has 2 N–H and O–H groups in total. The summed E-state index contributed by atoms with van der Waals surface area (Å²) < 4.78 is 69.9. The van der Waals surface area contributed by atoms with Crippen molar-refractivity contribution >= 4 is 28.4 Å². The molecule has 1 amide bonds. The standard InChI is InChI=1S/C22H23F5N6O3/c1-32-18-17(19(31-32)30-14-4-2-12(3-5-14)22(25,26)27)28-11-33(20(18)35)10-16(34)29-13-6-8-15(9-7-13)36-21(23)24/h2-5,11,13,15,21H,6-10H2,1H3,(H,29,34)(H,30,31)/t13-,15-. The van der Waals surface area contributed by atoms with Gasteiger partial charge in [0.05, 0.1) is 18.0 Å². The molecule has 0 unspecified atom stereocenters. The summed E-state index contributed by atoms with van der Waals surface area (Å²) in [5.41, 5.74) is -0.713. The van der Waals surface area contributed by atoms with Crippen molar-refractivity contribution in [3.8, 4) is 0 Å². The number of alkyl halides is 5. The first-order valence-electron chi connectivity index (χ1n) is 11.1. The van der Waals surface area contributed by atoms with E-state index in [0.717, 1.165) is 16.7 Å². The van der Waals surface area contributed by atoms with Gasteiger partial charge in [-0.05, 0) is 49.9 Å². The van der Waals surface area contributed by atoms with Gasteiger partial charge in [0.25, 0.3) is 5.56 Å². The van der Waals surface area contributed by atoms with Gasteiger partial charge in [-0.1, -0.05) is 0 Å². The maximum absolute atomic E-state index is 13.0. The van der Waals surface area contributed by atoms with Gasteiger partial charge in [0.15, 0.2) is 11.3 Å². The third-order valence-corrected chi connectivity index (χ3v) is 5.94. The maximum Gasteiger partial charge on any atom is 0.416 e. The van der Waals surface area contributed by atoms with Gasteiger partial charge in [-0.3, -0.25) is 18.8 Å². The number of halogens is 5. The van der Waals surface area contributed by atoms with Crippen molar-refractivity contribution in [2.75, 3.05) is 5.32 Å². The number of fused-ring (bicyclic) bond motifs is 1. The highest BCUT2D eigenvalue weighted by atomic mass is 19.4. The molecule has 1 saturated carbocycles. The summed E-state index contributed by atoms with van der Waals surface area (Å²) >= 11 is 0. The molecule has 0 spiro atoms. The third-order valence-electron chi connectivity index (χ3n) is 5.94. The molecule has 0 atom stereocenters. The molecule has 14 heteroatoms. The lowest BCUT2D eigenvalue weighted by atomic mass is 9.93. The lowest BCUT2D eigenvalue weighted by Gasteiger charge is -2.28. The summed E-state index contributed by atoms with van der Waals surface area (Å²) in [5, 5.41) is 9.86. The van der Waals surface area contributed by atoms with Gasteiger partial charge in [-0.15, -0.1) is 0 Å². The Morgan fingerprint density at radius 1 is 1.17 bits per heavy atom. The maximum atomic E-state index is 13.0. The van der Waals surface area contributed by atoms with Crippen LogP contribution in [0.2, 0.25) is 0 Å². The van der Waals surface area contributed by atoms with Crippen LogP contribution in [0.3, 0.4) is 0 Å². The van der Waals surface area contributed by atoms with Crippen molar-refractivity contribution in [2.45, 2.75) is 57.2 Å². The number of aryl methyl sites for hydroxylation is 1. The lowest BCUT2D eigenvalue weighted by molar-refractivity contribution is -0.170. The summed E-state index contributed by atoms with van der Waals surface area (Å²) in [6, 6.07) is 4.11. The Bertz CT molecular complexity index is 1280. The van der Waals surface area contributed by atoms with Crippen LogP contribution in [0.25, 0.3) is 11.0 Å². The Kier molecular flexibility index (Phi) is 7.24. The highest BCUT2D eigenvalue weighted by Gasteiger charge is 2.30. The molecule has 3 aromatic rings. The van der Waals surface area contributed by atoms with Crippen molar-refractivity contribution in [3.05, 3.63) is 46.5 Å². The molecule has 2 heterocycles. The quantitative estimate of drug-likeness (QED) is 0.468. The molecular weight excluding hydrogens is 491 g/mol. The SMILES string of the molecule is Cn1nc(Nc2ccc(C(F)(F)F)cc2)c2ncn(CC(=O)N[C@H]3CC[C@H](OC(F)F)CC3)c(=O)c21. The fourth-order valence-electron chi connectivity index (χ4n) is 4.18. The Labute approximate surface area is 201 Å². The monoisotopic (exact) mass is 514 g/mol. The van der Waals surface area contributed by atoms with E-state index in [9.17, 15) is 31.5 Å². The van der Waals surface area contributed by atoms with Crippen LogP contribution in [-0.2, 0) is 29.3 Å². The number of aromatic nitrogens is 4. The highest BCUT2D eigenvalue weighted by Crippen LogP contribution is 2.31. The van der Waals surface area contributed by atoms with Gasteiger partial charge >= 0.3 is 12.8 Å². The van der Waals surface area contributed by atoms with Gasteiger partial charge in [0.1, 0.15) is 12.1 Å². The largest absolute Gasteiger partial charge is 0.416 e. The van der Waals surface area contributed by atoms with Crippen LogP contribution in [0.4, 0.5) is 33.5 Å². The van der Waals surface area contributed by atoms with Crippen LogP contribution in [-0.4, -0.2) is 44.0 Å². The van der Waals surface area contributed by atoms with Crippen LogP contribution < -0.4 is 16.2 Å². The van der Waals surface area contributed by atoms with Crippen LogP contribution in [0.15, 0.2) is 35.4 Å². The van der Waals surface area contributed by atoms with Gasteiger partial charge in [0, 0.05) is 18.8 Å². The molecule has 0 saturated heterocycles. The molecule has 9 nitrogen and oxygen atoms in total. The summed E-state index contributed by atoms with van der Waals surface area (Å²) in [4.78, 5) is 29.7. The van der Waals surface area contributed by atoms with Gasteiger partial charge in [0.2, 0.25) is 5.91 Å². The minimum atomic E-state index is -4.46. The average molecular weight is 514 g/mol. The smallest absolute Gasteiger partial charge is 0.352 e. The van der Waals surface area contributed by atoms with Gasteiger partial charge < -0.3 is 15.4 Å². The Balaban J connectivity index is 1.43. The van der Waals surface area contributed by atoms with E-state index in [-0.39, 0.29) is 29.4 Å². The molecule has 36 heavy (non-hydrogen) atoms. The Morgan fingerprint density at radius 3 is 2.44 bits per heavy atom. The number of hydrogen-bond donors (Lipinski definition) is 2. The minimum Gasteiger partial charge on any atom is -0.352 e. The summed E-state index contributed by atoms with van der Waals surface area (Å²) in [6.45, 7) is -3.13. The molecule has 0 radical (unpaired) electrons. The van der Waals surface area contributed by atoms with E-state index in [1.54, 1.807) is 0 Å². The summed E-state index contributed by atoms with van der Waals surface area (Å²) in [5.74, 6) is -0.259. The molecule has 0 aliphatic heterocycles. The number of carbonyl (C=O) groups excluding carboxylic acids is 1. The predicted octanol–water partition coefficient (Wildman–Crippen LogP) is 3.56. The second-order valence-electron chi connectivity index (χ2n) is 8.49. The first-order chi connectivity index (χ1) is 17.0. The van der Waals surface area contributed by atoms with Crippen molar-refractivity contribution in [1.82, 2.24) is 24.6 Å². The molecule has 194 valence electrons. The number of carbonyl (C=O) groups is 1. The molecule has 2 aromatic heterocycles. The van der Waals surface area contributed by atoms with E-state index in [0.29, 0.717) is 31.4 Å². The number of nitrogens with one attached hydrogen (secondary N) is 2. The average Bonchev–Trinajstić information content (AvgIpc) is 3.12. The van der Waals surface area contributed by atoms with E-state index in [1.165, 1.54) is 30.2 Å². The zero-order valence-electron chi connectivity index (χ0n) is 19.1. The fourth-order valence-corrected chi connectivity index (χ4v) is 4.18. The van der Waals surface area contributed by atoms with Crippen molar-refractivity contribution < 1.29 is 31.5 Å². The number of rotatable bonds is 7. The number of benzene rings is 1. The first kappa shape index (κ1) is 25.5. The lowest BCUT2D eigenvalue weighted by Crippen LogP contribution is -2.42. The highest BCUT2D eigenvalue weighted by molar-refractivity contribution is 5.87. The van der Waals surface area contributed by atoms with Crippen LogP contribution in [0, 0.1) is 0 Å². The van der Waals surface area contributed by atoms with E-state index in [2.05, 4.69) is 25.5 Å². The molecule has 1 aromatic carbocycles. The van der Waals surface area contributed by atoms with E-state index in [1.807, 2.05) is 0 Å². The van der Waals surface area contributed by atoms with Gasteiger partial charge in [-0.2, -0.15) is 27.1 Å². The number of ether oxygens (including phenoxy) is 1. The summed E-state index contributed by atoms with van der Waals surface area (Å²) in [7, 11) is 1.51. The van der Waals surface area contributed by atoms with Gasteiger partial charge in [-0.25, -0.2) is 4.98 Å². The Morgan fingerprint density at radius 2 is 1.83 bits per heavy atom. The number of anilines is 2. The van der Waals surface area contributed by atoms with Crippen LogP contribution in [0.5, 0.6) is 0 Å². The van der Waals surface area contributed by atoms with Crippen LogP contribution in [0.1, 0.15) is 31.2 Å². The molecule has 0 bridgehead atoms. The number of hydrogen-bond acceptors (Lipinski definition) is 6. The van der Waals surface area contributed by atoms with Crippen LogP contribution >= 0.6 is 0 Å². The second kappa shape index (κ2) is 10.2. The first-order valence-corrected chi connectivity index (χ1v) is 11.1. The molecular formula is C22H23F5N6O3. The zero-order valence-corrected chi connectivity index (χ0v) is 19.1. The Hall–Kier alpha value is -3.55. The topological polar surface area (TPSA) is 103 Å². The molecule has 4 rings (SSSR count).